The number of benzene rings is 2. The molecule has 4 rings (SSSR count). The lowest BCUT2D eigenvalue weighted by Crippen LogP contribution is -2.23. The van der Waals surface area contributed by atoms with Gasteiger partial charge in [0.25, 0.3) is 0 Å². The molecule has 0 saturated carbocycles. The molecule has 2 aromatic heterocycles. The lowest BCUT2D eigenvalue weighted by Gasteiger charge is -2.20. The van der Waals surface area contributed by atoms with Crippen LogP contribution in [0.2, 0.25) is 0 Å². The van der Waals surface area contributed by atoms with Crippen molar-refractivity contribution in [2.75, 3.05) is 7.11 Å². The number of carbonyl (C=O) groups excluding carboxylic acids is 2. The molecule has 0 spiro atoms. The minimum absolute atomic E-state index is 0.194. The number of methoxy groups -OCH3 is 1. The van der Waals surface area contributed by atoms with E-state index in [4.69, 9.17) is 13.9 Å². The van der Waals surface area contributed by atoms with E-state index < -0.39 is 23.4 Å². The van der Waals surface area contributed by atoms with Crippen molar-refractivity contribution in [3.63, 3.8) is 0 Å². The third-order valence-corrected chi connectivity index (χ3v) is 5.23. The van der Waals surface area contributed by atoms with Crippen LogP contribution in [0.25, 0.3) is 33.6 Å². The van der Waals surface area contributed by atoms with Crippen molar-refractivity contribution >= 4 is 23.0 Å². The van der Waals surface area contributed by atoms with Gasteiger partial charge in [0.2, 0.25) is 5.71 Å². The molecule has 0 saturated heterocycles. The number of halogens is 1. The Balaban J connectivity index is 1.86. The highest BCUT2D eigenvalue weighted by Crippen LogP contribution is 2.36. The van der Waals surface area contributed by atoms with Crippen LogP contribution in [0.4, 0.5) is 4.39 Å². The second-order valence-corrected chi connectivity index (χ2v) is 8.91. The van der Waals surface area contributed by atoms with Gasteiger partial charge in [-0.05, 0) is 81.3 Å². The number of pyridine rings is 1. The number of furan rings is 1. The molecule has 2 heterocycles. The lowest BCUT2D eigenvalue weighted by atomic mass is 9.97. The van der Waals surface area contributed by atoms with E-state index in [2.05, 4.69) is 4.98 Å². The van der Waals surface area contributed by atoms with Gasteiger partial charge < -0.3 is 13.9 Å². The minimum Gasteiger partial charge on any atom is -0.465 e. The van der Waals surface area contributed by atoms with Crippen molar-refractivity contribution < 1.29 is 27.9 Å². The van der Waals surface area contributed by atoms with Gasteiger partial charge in [-0.15, -0.1) is 0 Å². The summed E-state index contributed by atoms with van der Waals surface area (Å²) in [5.74, 6) is -1.19. The van der Waals surface area contributed by atoms with E-state index in [0.717, 1.165) is 11.1 Å². The Labute approximate surface area is 196 Å². The number of fused-ring (bicyclic) bond motifs is 1. The van der Waals surface area contributed by atoms with Gasteiger partial charge >= 0.3 is 11.9 Å². The number of ether oxygens (including phenoxy) is 2. The smallest absolute Gasteiger partial charge is 0.342 e. The SMILES string of the molecule is COC(=O)c1c(-c2ccc(F)cc2)oc2ncc(-c3cc(C(=O)OC(C)(C)C)ccc3C)cc12. The number of aryl methyl sites for hydroxylation is 1. The average molecular weight is 461 g/mol. The molecule has 4 aromatic rings. The molecule has 0 unspecified atom stereocenters. The summed E-state index contributed by atoms with van der Waals surface area (Å²) >= 11 is 0. The van der Waals surface area contributed by atoms with E-state index in [1.807, 2.05) is 33.8 Å². The molecular weight excluding hydrogens is 437 g/mol. The maximum Gasteiger partial charge on any atom is 0.342 e. The number of hydrogen-bond donors (Lipinski definition) is 0. The van der Waals surface area contributed by atoms with Gasteiger partial charge in [-0.25, -0.2) is 19.0 Å². The monoisotopic (exact) mass is 461 g/mol. The van der Waals surface area contributed by atoms with Crippen molar-refractivity contribution in [1.29, 1.82) is 0 Å². The highest BCUT2D eigenvalue weighted by Gasteiger charge is 2.25. The third kappa shape index (κ3) is 4.55. The Hall–Kier alpha value is -4.00. The summed E-state index contributed by atoms with van der Waals surface area (Å²) in [6, 6.07) is 12.7. The molecule has 0 amide bonds. The molecule has 34 heavy (non-hydrogen) atoms. The highest BCUT2D eigenvalue weighted by atomic mass is 19.1. The van der Waals surface area contributed by atoms with Crippen LogP contribution >= 0.6 is 0 Å². The zero-order valence-corrected chi connectivity index (χ0v) is 19.6. The summed E-state index contributed by atoms with van der Waals surface area (Å²) in [6.45, 7) is 7.34. The second kappa shape index (κ2) is 8.74. The maximum absolute atomic E-state index is 13.4. The number of esters is 2. The van der Waals surface area contributed by atoms with Crippen molar-refractivity contribution in [2.45, 2.75) is 33.3 Å². The first-order valence-electron chi connectivity index (χ1n) is 10.7. The minimum atomic E-state index is -0.619. The van der Waals surface area contributed by atoms with Gasteiger partial charge in [0.1, 0.15) is 17.0 Å². The first-order chi connectivity index (χ1) is 16.1. The molecule has 0 radical (unpaired) electrons. The summed E-state index contributed by atoms with van der Waals surface area (Å²) in [5.41, 5.74) is 3.10. The summed E-state index contributed by atoms with van der Waals surface area (Å²) in [4.78, 5) is 29.7. The van der Waals surface area contributed by atoms with Crippen LogP contribution in [-0.2, 0) is 9.47 Å². The molecule has 0 aliphatic carbocycles. The van der Waals surface area contributed by atoms with Crippen LogP contribution in [0.1, 0.15) is 47.1 Å². The van der Waals surface area contributed by atoms with E-state index in [-0.39, 0.29) is 17.0 Å². The zero-order valence-electron chi connectivity index (χ0n) is 19.6. The molecule has 0 fully saturated rings. The fourth-order valence-electron chi connectivity index (χ4n) is 3.64. The van der Waals surface area contributed by atoms with Crippen LogP contribution in [0.3, 0.4) is 0 Å². The number of aromatic nitrogens is 1. The average Bonchev–Trinajstić information content (AvgIpc) is 3.17. The zero-order chi connectivity index (χ0) is 24.6. The van der Waals surface area contributed by atoms with Gasteiger partial charge in [-0.2, -0.15) is 0 Å². The first-order valence-corrected chi connectivity index (χ1v) is 10.7. The van der Waals surface area contributed by atoms with Crippen molar-refractivity contribution in [3.05, 3.63) is 77.2 Å². The summed E-state index contributed by atoms with van der Waals surface area (Å²) in [6.07, 6.45) is 1.61. The Kier molecular flexibility index (Phi) is 5.96. The largest absolute Gasteiger partial charge is 0.465 e. The van der Waals surface area contributed by atoms with Gasteiger partial charge in [-0.3, -0.25) is 0 Å². The fraction of sp³-hybridized carbons (Fsp3) is 0.222. The summed E-state index contributed by atoms with van der Waals surface area (Å²) in [7, 11) is 1.28. The predicted molar refractivity (Wildman–Crippen MR) is 126 cm³/mol. The van der Waals surface area contributed by atoms with Crippen LogP contribution in [0.5, 0.6) is 0 Å². The quantitative estimate of drug-likeness (QED) is 0.330. The van der Waals surface area contributed by atoms with E-state index in [1.54, 1.807) is 24.4 Å². The van der Waals surface area contributed by atoms with Crippen molar-refractivity contribution in [2.24, 2.45) is 0 Å². The normalized spacial score (nSPS) is 11.5. The lowest BCUT2D eigenvalue weighted by molar-refractivity contribution is 0.00693. The Morgan fingerprint density at radius 2 is 1.68 bits per heavy atom. The van der Waals surface area contributed by atoms with Gasteiger partial charge in [0.15, 0.2) is 5.76 Å². The molecule has 0 bridgehead atoms. The molecule has 0 aliphatic heterocycles. The molecule has 0 aliphatic rings. The molecular formula is C27H24FNO5. The van der Waals surface area contributed by atoms with Gasteiger partial charge in [-0.1, -0.05) is 6.07 Å². The Morgan fingerprint density at radius 3 is 2.32 bits per heavy atom. The van der Waals surface area contributed by atoms with Gasteiger partial charge in [0, 0.05) is 17.3 Å². The number of nitrogens with zero attached hydrogens (tertiary/aromatic N) is 1. The summed E-state index contributed by atoms with van der Waals surface area (Å²) in [5, 5.41) is 0.450. The van der Waals surface area contributed by atoms with Crippen LogP contribution in [0.15, 0.2) is 59.1 Å². The second-order valence-electron chi connectivity index (χ2n) is 8.91. The molecule has 0 atom stereocenters. The van der Waals surface area contributed by atoms with Crippen molar-refractivity contribution in [1.82, 2.24) is 4.98 Å². The first kappa shape index (κ1) is 23.2. The molecule has 174 valence electrons. The fourth-order valence-corrected chi connectivity index (χ4v) is 3.64. The van der Waals surface area contributed by atoms with E-state index in [0.29, 0.717) is 22.1 Å². The molecule has 7 heteroatoms. The topological polar surface area (TPSA) is 78.6 Å². The number of rotatable bonds is 4. The number of hydrogen-bond acceptors (Lipinski definition) is 6. The standard InChI is InChI=1S/C27H24FNO5/c1-15-6-7-17(25(30)34-27(2,3)4)12-20(15)18-13-21-22(26(31)32-5)23(33-24(21)29-14-18)16-8-10-19(28)11-9-16/h6-14H,1-5H3. The van der Waals surface area contributed by atoms with Crippen LogP contribution in [-0.4, -0.2) is 29.6 Å². The van der Waals surface area contributed by atoms with Gasteiger partial charge in [0.05, 0.1) is 18.1 Å². The predicted octanol–water partition coefficient (Wildman–Crippen LogP) is 6.35. The van der Waals surface area contributed by atoms with E-state index in [9.17, 15) is 14.0 Å². The Bertz CT molecular complexity index is 1400. The summed E-state index contributed by atoms with van der Waals surface area (Å²) < 4.78 is 29.8. The number of carbonyl (C=O) groups is 2. The van der Waals surface area contributed by atoms with E-state index >= 15 is 0 Å². The molecule has 0 N–H and O–H groups in total. The van der Waals surface area contributed by atoms with E-state index in [1.165, 1.54) is 31.4 Å². The molecule has 2 aromatic carbocycles. The van der Waals surface area contributed by atoms with Crippen LogP contribution < -0.4 is 0 Å². The molecule has 6 nitrogen and oxygen atoms in total. The Morgan fingerprint density at radius 1 is 0.971 bits per heavy atom. The van der Waals surface area contributed by atoms with Crippen molar-refractivity contribution in [3.8, 4) is 22.5 Å². The van der Waals surface area contributed by atoms with Crippen LogP contribution in [0, 0.1) is 12.7 Å². The highest BCUT2D eigenvalue weighted by molar-refractivity contribution is 6.08. The maximum atomic E-state index is 13.4. The third-order valence-electron chi connectivity index (χ3n) is 5.23.